The van der Waals surface area contributed by atoms with Gasteiger partial charge in [-0.3, -0.25) is 4.79 Å². The van der Waals surface area contributed by atoms with Crippen LogP contribution in [0.3, 0.4) is 0 Å². The number of carbonyl (C=O) groups excluding carboxylic acids is 1. The van der Waals surface area contributed by atoms with Crippen molar-refractivity contribution in [3.63, 3.8) is 0 Å². The number of nitrogens with zero attached hydrogens (tertiary/aromatic N) is 4. The molecular formula is C15H21N5O2S. The van der Waals surface area contributed by atoms with E-state index in [1.54, 1.807) is 18.4 Å². The van der Waals surface area contributed by atoms with Gasteiger partial charge in [-0.1, -0.05) is 25.6 Å². The molecular weight excluding hydrogens is 314 g/mol. The van der Waals surface area contributed by atoms with E-state index in [9.17, 15) is 4.79 Å². The summed E-state index contributed by atoms with van der Waals surface area (Å²) in [6.45, 7) is 6.04. The number of carbonyl (C=O) groups is 1. The van der Waals surface area contributed by atoms with Crippen LogP contribution in [-0.2, 0) is 4.79 Å². The maximum Gasteiger partial charge on any atom is 0.233 e. The molecule has 0 aromatic carbocycles. The molecule has 1 amide bonds. The highest BCUT2D eigenvalue weighted by atomic mass is 32.2. The zero-order valence-corrected chi connectivity index (χ0v) is 14.1. The number of hydrogen-bond donors (Lipinski definition) is 1. The van der Waals surface area contributed by atoms with Crippen molar-refractivity contribution in [1.29, 1.82) is 0 Å². The molecule has 23 heavy (non-hydrogen) atoms. The van der Waals surface area contributed by atoms with E-state index in [4.69, 9.17) is 10.3 Å². The molecule has 2 aromatic rings. The quantitative estimate of drug-likeness (QED) is 0.677. The van der Waals surface area contributed by atoms with Gasteiger partial charge in [0, 0.05) is 13.1 Å². The molecule has 7 nitrogen and oxygen atoms in total. The SMILES string of the molecule is C[C@@H]1C[C@@H](C)CN(C(=O)CSc2nnc(-c3ccco3)n2N)C1. The molecule has 2 N–H and O–H groups in total. The number of hydrogen-bond acceptors (Lipinski definition) is 6. The van der Waals surface area contributed by atoms with Crippen LogP contribution in [-0.4, -0.2) is 44.5 Å². The highest BCUT2D eigenvalue weighted by molar-refractivity contribution is 7.99. The lowest BCUT2D eigenvalue weighted by atomic mass is 9.92. The largest absolute Gasteiger partial charge is 0.461 e. The summed E-state index contributed by atoms with van der Waals surface area (Å²) >= 11 is 1.30. The average molecular weight is 335 g/mol. The summed E-state index contributed by atoms with van der Waals surface area (Å²) in [6, 6.07) is 3.53. The maximum absolute atomic E-state index is 12.4. The van der Waals surface area contributed by atoms with E-state index in [2.05, 4.69) is 24.0 Å². The van der Waals surface area contributed by atoms with Crippen molar-refractivity contribution in [3.05, 3.63) is 18.4 Å². The fraction of sp³-hybridized carbons (Fsp3) is 0.533. The Balaban J connectivity index is 1.61. The van der Waals surface area contributed by atoms with Crippen LogP contribution in [0.2, 0.25) is 0 Å². The molecule has 3 heterocycles. The molecule has 0 spiro atoms. The molecule has 2 atom stereocenters. The van der Waals surface area contributed by atoms with Gasteiger partial charge in [-0.2, -0.15) is 0 Å². The summed E-state index contributed by atoms with van der Waals surface area (Å²) in [4.78, 5) is 14.3. The van der Waals surface area contributed by atoms with Crippen LogP contribution < -0.4 is 5.84 Å². The first kappa shape index (κ1) is 15.9. The van der Waals surface area contributed by atoms with Crippen LogP contribution in [0.1, 0.15) is 20.3 Å². The smallest absolute Gasteiger partial charge is 0.233 e. The van der Waals surface area contributed by atoms with E-state index in [1.807, 2.05) is 4.90 Å². The number of aromatic nitrogens is 3. The van der Waals surface area contributed by atoms with Gasteiger partial charge in [0.1, 0.15) is 0 Å². The first-order chi connectivity index (χ1) is 11.0. The second-order valence-corrected chi connectivity index (χ2v) is 7.13. The van der Waals surface area contributed by atoms with Gasteiger partial charge in [-0.05, 0) is 30.4 Å². The molecule has 3 rings (SSSR count). The monoisotopic (exact) mass is 335 g/mol. The lowest BCUT2D eigenvalue weighted by Gasteiger charge is -2.34. The minimum atomic E-state index is 0.121. The Hall–Kier alpha value is -1.96. The zero-order valence-electron chi connectivity index (χ0n) is 13.3. The van der Waals surface area contributed by atoms with Gasteiger partial charge in [0.25, 0.3) is 0 Å². The van der Waals surface area contributed by atoms with Crippen LogP contribution in [0.15, 0.2) is 28.0 Å². The van der Waals surface area contributed by atoms with Crippen molar-refractivity contribution < 1.29 is 9.21 Å². The number of piperidine rings is 1. The lowest BCUT2D eigenvalue weighted by molar-refractivity contribution is -0.130. The molecule has 0 saturated carbocycles. The Morgan fingerprint density at radius 2 is 2.13 bits per heavy atom. The van der Waals surface area contributed by atoms with E-state index in [-0.39, 0.29) is 5.91 Å². The molecule has 2 aromatic heterocycles. The fourth-order valence-corrected chi connectivity index (χ4v) is 3.79. The molecule has 0 unspecified atom stereocenters. The van der Waals surface area contributed by atoms with Crippen molar-refractivity contribution in [1.82, 2.24) is 19.8 Å². The number of thioether (sulfide) groups is 1. The predicted molar refractivity (Wildman–Crippen MR) is 88.1 cm³/mol. The van der Waals surface area contributed by atoms with Gasteiger partial charge in [0.05, 0.1) is 12.0 Å². The summed E-state index contributed by atoms with van der Waals surface area (Å²) in [5, 5.41) is 8.56. The van der Waals surface area contributed by atoms with Crippen molar-refractivity contribution in [2.45, 2.75) is 25.4 Å². The van der Waals surface area contributed by atoms with E-state index < -0.39 is 0 Å². The topological polar surface area (TPSA) is 90.2 Å². The van der Waals surface area contributed by atoms with E-state index in [0.717, 1.165) is 13.1 Å². The highest BCUT2D eigenvalue weighted by Gasteiger charge is 2.26. The Labute approximate surface area is 139 Å². The minimum Gasteiger partial charge on any atom is -0.461 e. The van der Waals surface area contributed by atoms with Crippen molar-refractivity contribution in [2.24, 2.45) is 11.8 Å². The van der Waals surface area contributed by atoms with Gasteiger partial charge < -0.3 is 15.2 Å². The first-order valence-corrected chi connectivity index (χ1v) is 8.68. The zero-order chi connectivity index (χ0) is 16.4. The molecule has 1 saturated heterocycles. The second kappa shape index (κ2) is 6.66. The lowest BCUT2D eigenvalue weighted by Crippen LogP contribution is -2.43. The van der Waals surface area contributed by atoms with Crippen molar-refractivity contribution in [3.8, 4) is 11.6 Å². The molecule has 1 fully saturated rings. The highest BCUT2D eigenvalue weighted by Crippen LogP contribution is 2.24. The average Bonchev–Trinajstić information content (AvgIpc) is 3.13. The van der Waals surface area contributed by atoms with Crippen molar-refractivity contribution >= 4 is 17.7 Å². The van der Waals surface area contributed by atoms with E-state index >= 15 is 0 Å². The number of nitrogen functional groups attached to an aromatic ring is 1. The third-order valence-corrected chi connectivity index (χ3v) is 4.88. The van der Waals surface area contributed by atoms with Gasteiger partial charge in [-0.15, -0.1) is 10.2 Å². The summed E-state index contributed by atoms with van der Waals surface area (Å²) < 4.78 is 6.63. The van der Waals surface area contributed by atoms with E-state index in [1.165, 1.54) is 22.9 Å². The first-order valence-electron chi connectivity index (χ1n) is 7.69. The number of likely N-dealkylation sites (tertiary alicyclic amines) is 1. The Bertz CT molecular complexity index is 659. The molecule has 1 aliphatic heterocycles. The van der Waals surface area contributed by atoms with Crippen molar-refractivity contribution in [2.75, 3.05) is 24.7 Å². The summed E-state index contributed by atoms with van der Waals surface area (Å²) in [5.74, 6) is 8.53. The Kier molecular flexibility index (Phi) is 4.61. The van der Waals surface area contributed by atoms with E-state index in [0.29, 0.717) is 34.3 Å². The Morgan fingerprint density at radius 1 is 1.39 bits per heavy atom. The number of furan rings is 1. The molecule has 124 valence electrons. The third kappa shape index (κ3) is 3.52. The normalized spacial score (nSPS) is 21.6. The fourth-order valence-electron chi connectivity index (χ4n) is 3.03. The number of nitrogens with two attached hydrogens (primary N) is 1. The number of amides is 1. The number of rotatable bonds is 4. The predicted octanol–water partition coefficient (Wildman–Crippen LogP) is 1.85. The second-order valence-electron chi connectivity index (χ2n) is 6.19. The standard InChI is InChI=1S/C15H21N5O2S/c1-10-6-11(2)8-19(7-10)13(21)9-23-15-18-17-14(20(15)16)12-4-3-5-22-12/h3-5,10-11H,6-9,16H2,1-2H3/t10-,11-/m1/s1. The molecule has 8 heteroatoms. The maximum atomic E-state index is 12.4. The molecule has 1 aliphatic rings. The molecule has 0 aliphatic carbocycles. The van der Waals surface area contributed by atoms with Gasteiger partial charge in [-0.25, -0.2) is 4.68 Å². The molecule has 0 radical (unpaired) electrons. The Morgan fingerprint density at radius 3 is 2.78 bits per heavy atom. The summed E-state index contributed by atoms with van der Waals surface area (Å²) in [6.07, 6.45) is 2.74. The van der Waals surface area contributed by atoms with Gasteiger partial charge in [0.15, 0.2) is 5.76 Å². The summed E-state index contributed by atoms with van der Waals surface area (Å²) in [5.41, 5.74) is 0. The van der Waals surface area contributed by atoms with Crippen LogP contribution in [0.25, 0.3) is 11.6 Å². The molecule has 0 bridgehead atoms. The third-order valence-electron chi connectivity index (χ3n) is 3.95. The van der Waals surface area contributed by atoms with Crippen LogP contribution >= 0.6 is 11.8 Å². The van der Waals surface area contributed by atoms with Crippen LogP contribution in [0.5, 0.6) is 0 Å². The van der Waals surface area contributed by atoms with Gasteiger partial charge >= 0.3 is 0 Å². The van der Waals surface area contributed by atoms with Crippen LogP contribution in [0.4, 0.5) is 0 Å². The minimum absolute atomic E-state index is 0.121. The van der Waals surface area contributed by atoms with Gasteiger partial charge in [0.2, 0.25) is 16.9 Å². The summed E-state index contributed by atoms with van der Waals surface area (Å²) in [7, 11) is 0. The van der Waals surface area contributed by atoms with Crippen LogP contribution in [0, 0.1) is 11.8 Å².